The summed E-state index contributed by atoms with van der Waals surface area (Å²) in [5.74, 6) is 2.10. The van der Waals surface area contributed by atoms with Crippen molar-refractivity contribution in [1.82, 2.24) is 10.3 Å². The maximum Gasteiger partial charge on any atom is 0.223 e. The Morgan fingerprint density at radius 1 is 1.29 bits per heavy atom. The van der Waals surface area contributed by atoms with E-state index in [4.69, 9.17) is 0 Å². The quantitative estimate of drug-likeness (QED) is 0.896. The third-order valence-corrected chi connectivity index (χ3v) is 5.47. The van der Waals surface area contributed by atoms with Crippen molar-refractivity contribution in [2.24, 2.45) is 23.7 Å². The van der Waals surface area contributed by atoms with Crippen LogP contribution in [0.2, 0.25) is 0 Å². The number of carbonyl (C=O) groups is 1. The van der Waals surface area contributed by atoms with Gasteiger partial charge in [-0.05, 0) is 48.3 Å². The van der Waals surface area contributed by atoms with Crippen molar-refractivity contribution >= 4 is 16.8 Å². The fraction of sp³-hybridized carbons (Fsp3) is 0.524. The van der Waals surface area contributed by atoms with Crippen LogP contribution in [0.5, 0.6) is 0 Å². The minimum absolute atomic E-state index is 0.155. The molecule has 0 bridgehead atoms. The third kappa shape index (κ3) is 3.77. The maximum atomic E-state index is 12.8. The van der Waals surface area contributed by atoms with E-state index in [2.05, 4.69) is 43.2 Å². The Kier molecular flexibility index (Phi) is 5.17. The Bertz CT molecular complexity index is 710. The Balaban J connectivity index is 1.66. The van der Waals surface area contributed by atoms with Crippen LogP contribution in [-0.2, 0) is 11.3 Å². The number of hydrogen-bond acceptors (Lipinski definition) is 2. The summed E-state index contributed by atoms with van der Waals surface area (Å²) in [5.41, 5.74) is 2.06. The number of hydrogen-bond donors (Lipinski definition) is 1. The van der Waals surface area contributed by atoms with E-state index >= 15 is 0 Å². The molecular weight excluding hydrogens is 296 g/mol. The van der Waals surface area contributed by atoms with Crippen molar-refractivity contribution in [3.05, 3.63) is 42.1 Å². The van der Waals surface area contributed by atoms with Gasteiger partial charge in [0.2, 0.25) is 5.91 Å². The molecule has 0 saturated heterocycles. The van der Waals surface area contributed by atoms with Crippen molar-refractivity contribution in [1.29, 1.82) is 0 Å². The predicted molar refractivity (Wildman–Crippen MR) is 98.4 cm³/mol. The van der Waals surface area contributed by atoms with Gasteiger partial charge in [-0.2, -0.15) is 0 Å². The molecule has 1 aromatic carbocycles. The van der Waals surface area contributed by atoms with Gasteiger partial charge < -0.3 is 5.32 Å². The number of pyridine rings is 1. The van der Waals surface area contributed by atoms with Gasteiger partial charge in [0.15, 0.2) is 0 Å². The molecule has 1 amide bonds. The van der Waals surface area contributed by atoms with E-state index in [1.165, 1.54) is 12.8 Å². The molecule has 24 heavy (non-hydrogen) atoms. The highest BCUT2D eigenvalue weighted by molar-refractivity contribution is 5.80. The largest absolute Gasteiger partial charge is 0.352 e. The van der Waals surface area contributed by atoms with E-state index in [0.29, 0.717) is 24.3 Å². The fourth-order valence-corrected chi connectivity index (χ4v) is 4.04. The summed E-state index contributed by atoms with van der Waals surface area (Å²) in [6, 6.07) is 10.2. The zero-order valence-electron chi connectivity index (χ0n) is 15.0. The molecule has 1 aliphatic rings. The van der Waals surface area contributed by atoms with Gasteiger partial charge in [-0.25, -0.2) is 0 Å². The number of aromatic nitrogens is 1. The maximum absolute atomic E-state index is 12.8. The highest BCUT2D eigenvalue weighted by atomic mass is 16.1. The smallest absolute Gasteiger partial charge is 0.223 e. The van der Waals surface area contributed by atoms with Gasteiger partial charge in [-0.1, -0.05) is 45.4 Å². The van der Waals surface area contributed by atoms with E-state index in [9.17, 15) is 4.79 Å². The third-order valence-electron chi connectivity index (χ3n) is 5.47. The Hall–Kier alpha value is -1.90. The average Bonchev–Trinajstić information content (AvgIpc) is 2.59. The molecule has 1 fully saturated rings. The predicted octanol–water partition coefficient (Wildman–Crippen LogP) is 4.56. The lowest BCUT2D eigenvalue weighted by Gasteiger charge is -2.36. The lowest BCUT2D eigenvalue weighted by molar-refractivity contribution is -0.129. The van der Waals surface area contributed by atoms with Gasteiger partial charge >= 0.3 is 0 Å². The lowest BCUT2D eigenvalue weighted by atomic mass is 9.70. The van der Waals surface area contributed by atoms with Crippen LogP contribution in [0.25, 0.3) is 10.9 Å². The SMILES string of the molecule is CC1CCC(C(C)C)C(C(=O)NCc2cnc3ccccc3c2)C1. The standard InChI is InChI=1S/C21H28N2O/c1-14(2)18-9-8-15(3)10-19(18)21(24)23-13-16-11-17-6-4-5-7-20(17)22-12-16/h4-7,11-12,14-15,18-19H,8-10,13H2,1-3H3,(H,23,24). The summed E-state index contributed by atoms with van der Waals surface area (Å²) >= 11 is 0. The monoisotopic (exact) mass is 324 g/mol. The average molecular weight is 324 g/mol. The van der Waals surface area contributed by atoms with Gasteiger partial charge in [0.25, 0.3) is 0 Å². The van der Waals surface area contributed by atoms with E-state index in [-0.39, 0.29) is 11.8 Å². The van der Waals surface area contributed by atoms with Gasteiger partial charge in [0.05, 0.1) is 5.52 Å². The summed E-state index contributed by atoms with van der Waals surface area (Å²) in [7, 11) is 0. The van der Waals surface area contributed by atoms with Gasteiger partial charge in [0, 0.05) is 24.0 Å². The number of para-hydroxylation sites is 1. The molecule has 3 atom stereocenters. The first-order valence-corrected chi connectivity index (χ1v) is 9.16. The molecule has 1 heterocycles. The van der Waals surface area contributed by atoms with Crippen molar-refractivity contribution in [3.8, 4) is 0 Å². The summed E-state index contributed by atoms with van der Waals surface area (Å²) in [5, 5.41) is 4.28. The highest BCUT2D eigenvalue weighted by Crippen LogP contribution is 2.38. The van der Waals surface area contributed by atoms with Crippen molar-refractivity contribution < 1.29 is 4.79 Å². The first-order valence-electron chi connectivity index (χ1n) is 9.16. The number of nitrogens with one attached hydrogen (secondary N) is 1. The topological polar surface area (TPSA) is 42.0 Å². The number of nitrogens with zero attached hydrogens (tertiary/aromatic N) is 1. The van der Waals surface area contributed by atoms with Crippen LogP contribution in [-0.4, -0.2) is 10.9 Å². The zero-order chi connectivity index (χ0) is 17.1. The Morgan fingerprint density at radius 2 is 2.08 bits per heavy atom. The Labute approximate surface area is 144 Å². The normalized spacial score (nSPS) is 24.2. The molecule has 3 heteroatoms. The molecule has 0 spiro atoms. The second-order valence-corrected chi connectivity index (χ2v) is 7.69. The molecule has 1 N–H and O–H groups in total. The molecule has 128 valence electrons. The molecule has 1 aromatic heterocycles. The van der Waals surface area contributed by atoms with Gasteiger partial charge in [-0.15, -0.1) is 0 Å². The van der Waals surface area contributed by atoms with Crippen LogP contribution >= 0.6 is 0 Å². The van der Waals surface area contributed by atoms with E-state index in [0.717, 1.165) is 22.9 Å². The van der Waals surface area contributed by atoms with Gasteiger partial charge in [-0.3, -0.25) is 9.78 Å². The molecule has 0 aliphatic heterocycles. The highest BCUT2D eigenvalue weighted by Gasteiger charge is 2.35. The summed E-state index contributed by atoms with van der Waals surface area (Å²) in [4.78, 5) is 17.2. The lowest BCUT2D eigenvalue weighted by Crippen LogP contribution is -2.40. The molecule has 1 aliphatic carbocycles. The van der Waals surface area contributed by atoms with Crippen LogP contribution in [0.3, 0.4) is 0 Å². The minimum atomic E-state index is 0.155. The fourth-order valence-electron chi connectivity index (χ4n) is 4.04. The van der Waals surface area contributed by atoms with Crippen LogP contribution in [0.1, 0.15) is 45.6 Å². The summed E-state index contributed by atoms with van der Waals surface area (Å²) in [6.07, 6.45) is 5.31. The molecule has 1 saturated carbocycles. The Morgan fingerprint density at radius 3 is 2.88 bits per heavy atom. The van der Waals surface area contributed by atoms with Crippen LogP contribution in [0, 0.1) is 23.7 Å². The first kappa shape index (κ1) is 16.9. The number of benzene rings is 1. The molecule has 3 unspecified atom stereocenters. The summed E-state index contributed by atoms with van der Waals surface area (Å²) in [6.45, 7) is 7.32. The summed E-state index contributed by atoms with van der Waals surface area (Å²) < 4.78 is 0. The second-order valence-electron chi connectivity index (χ2n) is 7.69. The molecule has 3 rings (SSSR count). The first-order chi connectivity index (χ1) is 11.5. The van der Waals surface area contributed by atoms with E-state index in [1.807, 2.05) is 24.4 Å². The van der Waals surface area contributed by atoms with Crippen LogP contribution < -0.4 is 5.32 Å². The minimum Gasteiger partial charge on any atom is -0.352 e. The molecule has 3 nitrogen and oxygen atoms in total. The van der Waals surface area contributed by atoms with E-state index < -0.39 is 0 Å². The van der Waals surface area contributed by atoms with Crippen LogP contribution in [0.15, 0.2) is 36.5 Å². The van der Waals surface area contributed by atoms with Crippen molar-refractivity contribution in [2.45, 2.75) is 46.6 Å². The molecule has 0 radical (unpaired) electrons. The van der Waals surface area contributed by atoms with Crippen LogP contribution in [0.4, 0.5) is 0 Å². The number of amides is 1. The molecular formula is C21H28N2O. The molecule has 2 aromatic rings. The zero-order valence-corrected chi connectivity index (χ0v) is 15.0. The van der Waals surface area contributed by atoms with E-state index in [1.54, 1.807) is 0 Å². The number of carbonyl (C=O) groups excluding carboxylic acids is 1. The second kappa shape index (κ2) is 7.33. The van der Waals surface area contributed by atoms with Crippen molar-refractivity contribution in [3.63, 3.8) is 0 Å². The number of fused-ring (bicyclic) bond motifs is 1. The number of rotatable bonds is 4. The van der Waals surface area contributed by atoms with Crippen molar-refractivity contribution in [2.75, 3.05) is 0 Å². The van der Waals surface area contributed by atoms with Gasteiger partial charge in [0.1, 0.15) is 0 Å².